The average molecular weight is 369 g/mol. The SMILES string of the molecule is CC(C)c1nc(C(C)OCCO)nc(-c2ccc(F)c3ccccc23)c1N. The Morgan fingerprint density at radius 1 is 1.07 bits per heavy atom. The highest BCUT2D eigenvalue weighted by atomic mass is 19.1. The minimum atomic E-state index is -0.402. The van der Waals surface area contributed by atoms with Crippen LogP contribution >= 0.6 is 0 Å². The highest BCUT2D eigenvalue weighted by Crippen LogP contribution is 2.36. The van der Waals surface area contributed by atoms with Crippen molar-refractivity contribution in [2.75, 3.05) is 18.9 Å². The normalized spacial score (nSPS) is 12.7. The van der Waals surface area contributed by atoms with Gasteiger partial charge in [-0.25, -0.2) is 14.4 Å². The van der Waals surface area contributed by atoms with Crippen LogP contribution in [0.2, 0.25) is 0 Å². The Labute approximate surface area is 158 Å². The summed E-state index contributed by atoms with van der Waals surface area (Å²) in [6.45, 7) is 5.97. The van der Waals surface area contributed by atoms with E-state index >= 15 is 0 Å². The molecule has 6 heteroatoms. The molecule has 0 aliphatic heterocycles. The molecule has 0 saturated heterocycles. The number of fused-ring (bicyclic) bond motifs is 1. The Morgan fingerprint density at radius 2 is 1.78 bits per heavy atom. The smallest absolute Gasteiger partial charge is 0.157 e. The van der Waals surface area contributed by atoms with Gasteiger partial charge in [0.25, 0.3) is 0 Å². The van der Waals surface area contributed by atoms with Gasteiger partial charge >= 0.3 is 0 Å². The molecule has 5 nitrogen and oxygen atoms in total. The van der Waals surface area contributed by atoms with Gasteiger partial charge in [0.2, 0.25) is 0 Å². The molecule has 1 unspecified atom stereocenters. The van der Waals surface area contributed by atoms with Gasteiger partial charge in [-0.3, -0.25) is 0 Å². The van der Waals surface area contributed by atoms with E-state index in [0.29, 0.717) is 22.6 Å². The lowest BCUT2D eigenvalue weighted by Crippen LogP contribution is -2.13. The summed E-state index contributed by atoms with van der Waals surface area (Å²) >= 11 is 0. The molecular weight excluding hydrogens is 345 g/mol. The lowest BCUT2D eigenvalue weighted by Gasteiger charge is -2.19. The number of halogens is 1. The Hall–Kier alpha value is -2.57. The fourth-order valence-corrected chi connectivity index (χ4v) is 3.10. The zero-order chi connectivity index (χ0) is 19.6. The Balaban J connectivity index is 2.23. The first-order valence-electron chi connectivity index (χ1n) is 9.01. The number of ether oxygens (including phenoxy) is 1. The number of rotatable bonds is 6. The number of aliphatic hydroxyl groups is 1. The maximum atomic E-state index is 14.2. The van der Waals surface area contributed by atoms with Crippen LogP contribution in [0.3, 0.4) is 0 Å². The fourth-order valence-electron chi connectivity index (χ4n) is 3.10. The molecule has 1 heterocycles. The van der Waals surface area contributed by atoms with Gasteiger partial charge in [-0.1, -0.05) is 38.1 Å². The summed E-state index contributed by atoms with van der Waals surface area (Å²) in [6.07, 6.45) is -0.402. The van der Waals surface area contributed by atoms with E-state index in [4.69, 9.17) is 15.6 Å². The number of nitrogens with two attached hydrogens (primary N) is 1. The lowest BCUT2D eigenvalue weighted by molar-refractivity contribution is 0.0337. The molecule has 0 amide bonds. The van der Waals surface area contributed by atoms with Gasteiger partial charge in [-0.2, -0.15) is 0 Å². The van der Waals surface area contributed by atoms with Crippen molar-refractivity contribution in [3.63, 3.8) is 0 Å². The van der Waals surface area contributed by atoms with Crippen LogP contribution in [0.25, 0.3) is 22.0 Å². The average Bonchev–Trinajstić information content (AvgIpc) is 2.67. The van der Waals surface area contributed by atoms with E-state index in [1.165, 1.54) is 6.07 Å². The van der Waals surface area contributed by atoms with Gasteiger partial charge in [0, 0.05) is 10.9 Å². The van der Waals surface area contributed by atoms with Gasteiger partial charge in [0.15, 0.2) is 5.82 Å². The molecule has 0 saturated carbocycles. The van der Waals surface area contributed by atoms with E-state index in [1.807, 2.05) is 32.9 Å². The molecule has 3 rings (SSSR count). The molecule has 0 bridgehead atoms. The number of hydrogen-bond acceptors (Lipinski definition) is 5. The predicted molar refractivity (Wildman–Crippen MR) is 105 cm³/mol. The van der Waals surface area contributed by atoms with Crippen LogP contribution in [0.5, 0.6) is 0 Å². The highest BCUT2D eigenvalue weighted by Gasteiger charge is 2.21. The first kappa shape index (κ1) is 19.2. The van der Waals surface area contributed by atoms with E-state index in [1.54, 1.807) is 18.2 Å². The summed E-state index contributed by atoms with van der Waals surface area (Å²) in [5, 5.41) is 10.3. The van der Waals surface area contributed by atoms with Crippen LogP contribution in [0.1, 0.15) is 44.3 Å². The van der Waals surface area contributed by atoms with Crippen molar-refractivity contribution in [2.45, 2.75) is 32.8 Å². The summed E-state index contributed by atoms with van der Waals surface area (Å²) in [4.78, 5) is 9.24. The zero-order valence-electron chi connectivity index (χ0n) is 15.7. The first-order chi connectivity index (χ1) is 12.9. The van der Waals surface area contributed by atoms with E-state index < -0.39 is 6.10 Å². The standard InChI is InChI=1S/C21H24FN3O2/c1-12(2)19-18(23)20(25-21(24-19)13(3)27-11-10-26)16-8-9-17(22)15-7-5-4-6-14(15)16/h4-9,12-13,26H,10-11,23H2,1-3H3. The van der Waals surface area contributed by atoms with Crippen LogP contribution in [-0.2, 0) is 4.74 Å². The summed E-state index contributed by atoms with van der Waals surface area (Å²) in [7, 11) is 0. The molecular formula is C21H24FN3O2. The first-order valence-corrected chi connectivity index (χ1v) is 9.01. The largest absolute Gasteiger partial charge is 0.395 e. The Kier molecular flexibility index (Phi) is 5.68. The number of aliphatic hydroxyl groups excluding tert-OH is 1. The monoisotopic (exact) mass is 369 g/mol. The molecule has 0 radical (unpaired) electrons. The second kappa shape index (κ2) is 7.98. The summed E-state index contributed by atoms with van der Waals surface area (Å²) < 4.78 is 19.8. The number of nitrogens with zero attached hydrogens (tertiary/aromatic N) is 2. The molecule has 3 N–H and O–H groups in total. The van der Waals surface area contributed by atoms with Crippen molar-refractivity contribution in [2.24, 2.45) is 0 Å². The number of aromatic nitrogens is 2. The molecule has 0 spiro atoms. The number of benzene rings is 2. The molecule has 1 aromatic heterocycles. The second-order valence-corrected chi connectivity index (χ2v) is 6.76. The van der Waals surface area contributed by atoms with Gasteiger partial charge in [0.1, 0.15) is 11.9 Å². The molecule has 0 aliphatic carbocycles. The summed E-state index contributed by atoms with van der Waals surface area (Å²) in [5.74, 6) is 0.290. The minimum Gasteiger partial charge on any atom is -0.395 e. The maximum absolute atomic E-state index is 14.2. The third-order valence-corrected chi connectivity index (χ3v) is 4.49. The van der Waals surface area contributed by atoms with Gasteiger partial charge in [0.05, 0.1) is 30.3 Å². The molecule has 0 fully saturated rings. The zero-order valence-corrected chi connectivity index (χ0v) is 15.7. The van der Waals surface area contributed by atoms with E-state index in [-0.39, 0.29) is 24.9 Å². The van der Waals surface area contributed by atoms with Gasteiger partial charge in [-0.15, -0.1) is 0 Å². The van der Waals surface area contributed by atoms with Gasteiger partial charge in [-0.05, 0) is 30.4 Å². The van der Waals surface area contributed by atoms with Crippen LogP contribution in [0.15, 0.2) is 36.4 Å². The molecule has 0 aliphatic rings. The quantitative estimate of drug-likeness (QED) is 0.680. The lowest BCUT2D eigenvalue weighted by atomic mass is 9.98. The summed E-state index contributed by atoms with van der Waals surface area (Å²) in [6, 6.07) is 10.4. The van der Waals surface area contributed by atoms with E-state index in [0.717, 1.165) is 16.6 Å². The third kappa shape index (κ3) is 3.77. The maximum Gasteiger partial charge on any atom is 0.157 e. The number of hydrogen-bond donors (Lipinski definition) is 2. The Morgan fingerprint density at radius 3 is 2.44 bits per heavy atom. The van der Waals surface area contributed by atoms with Crippen LogP contribution in [0, 0.1) is 5.82 Å². The molecule has 2 aromatic carbocycles. The van der Waals surface area contributed by atoms with Crippen LogP contribution in [0.4, 0.5) is 10.1 Å². The third-order valence-electron chi connectivity index (χ3n) is 4.49. The number of nitrogen functional groups attached to an aromatic ring is 1. The topological polar surface area (TPSA) is 81.3 Å². The highest BCUT2D eigenvalue weighted by molar-refractivity contribution is 5.98. The fraction of sp³-hybridized carbons (Fsp3) is 0.333. The van der Waals surface area contributed by atoms with Crippen LogP contribution < -0.4 is 5.73 Å². The van der Waals surface area contributed by atoms with Crippen molar-refractivity contribution < 1.29 is 14.2 Å². The van der Waals surface area contributed by atoms with Crippen LogP contribution in [-0.4, -0.2) is 28.3 Å². The second-order valence-electron chi connectivity index (χ2n) is 6.76. The molecule has 3 aromatic rings. The predicted octanol–water partition coefficient (Wildman–Crippen LogP) is 4.21. The van der Waals surface area contributed by atoms with Crippen molar-refractivity contribution >= 4 is 16.5 Å². The Bertz CT molecular complexity index is 960. The van der Waals surface area contributed by atoms with Crippen molar-refractivity contribution in [3.8, 4) is 11.3 Å². The molecule has 1 atom stereocenters. The van der Waals surface area contributed by atoms with Crippen molar-refractivity contribution in [1.82, 2.24) is 9.97 Å². The van der Waals surface area contributed by atoms with Crippen molar-refractivity contribution in [3.05, 3.63) is 53.7 Å². The minimum absolute atomic E-state index is 0.0776. The summed E-state index contributed by atoms with van der Waals surface area (Å²) in [5.41, 5.74) is 8.95. The van der Waals surface area contributed by atoms with E-state index in [2.05, 4.69) is 9.97 Å². The van der Waals surface area contributed by atoms with Crippen molar-refractivity contribution in [1.29, 1.82) is 0 Å². The van der Waals surface area contributed by atoms with E-state index in [9.17, 15) is 4.39 Å². The van der Waals surface area contributed by atoms with Gasteiger partial charge < -0.3 is 15.6 Å². The molecule has 142 valence electrons. The molecule has 27 heavy (non-hydrogen) atoms. The number of anilines is 1.